The molecule has 8 atom stereocenters. The molecule has 4 aliphatic rings. The Bertz CT molecular complexity index is 729. The van der Waals surface area contributed by atoms with Crippen LogP contribution in [0.25, 0.3) is 0 Å². The monoisotopic (exact) mass is 450 g/mol. The van der Waals surface area contributed by atoms with Crippen molar-refractivity contribution in [3.63, 3.8) is 0 Å². The normalized spacial score (nSPS) is 48.8. The maximum absolute atomic E-state index is 12.3. The molecule has 0 bridgehead atoms. The lowest BCUT2D eigenvalue weighted by Crippen LogP contribution is -2.66. The van der Waals surface area contributed by atoms with Gasteiger partial charge in [-0.25, -0.2) is 0 Å². The molecule has 0 unspecified atom stereocenters. The molecule has 4 fully saturated rings. The summed E-state index contributed by atoms with van der Waals surface area (Å²) in [5.74, 6) is 1.23. The van der Waals surface area contributed by atoms with E-state index in [2.05, 4.69) is 23.9 Å². The average Bonchev–Trinajstić information content (AvgIpc) is 2.96. The van der Waals surface area contributed by atoms with Gasteiger partial charge in [-0.2, -0.15) is 0 Å². The van der Waals surface area contributed by atoms with Crippen molar-refractivity contribution in [2.24, 2.45) is 33.7 Å². The summed E-state index contributed by atoms with van der Waals surface area (Å²) in [6, 6.07) is 0. The van der Waals surface area contributed by atoms with Crippen molar-refractivity contribution >= 4 is 5.71 Å². The van der Waals surface area contributed by atoms with Crippen LogP contribution in [-0.2, 0) is 4.84 Å². The van der Waals surface area contributed by atoms with E-state index in [1.165, 1.54) is 0 Å². The maximum Gasteiger partial charge on any atom is 0.118 e. The van der Waals surface area contributed by atoms with Crippen molar-refractivity contribution in [1.82, 2.24) is 4.90 Å². The van der Waals surface area contributed by atoms with Crippen LogP contribution in [0.4, 0.5) is 0 Å². The zero-order chi connectivity index (χ0) is 23.4. The Hall–Kier alpha value is -0.690. The first-order valence-corrected chi connectivity index (χ1v) is 12.9. The predicted molar refractivity (Wildman–Crippen MR) is 126 cm³/mol. The Balaban J connectivity index is 1.53. The highest BCUT2D eigenvalue weighted by Crippen LogP contribution is 2.70. The summed E-state index contributed by atoms with van der Waals surface area (Å²) in [4.78, 5) is 7.70. The van der Waals surface area contributed by atoms with E-state index >= 15 is 0 Å². The second-order valence-electron chi connectivity index (χ2n) is 12.2. The highest BCUT2D eigenvalue weighted by atomic mass is 16.6. The van der Waals surface area contributed by atoms with E-state index in [1.807, 2.05) is 21.0 Å². The van der Waals surface area contributed by atoms with Gasteiger partial charge in [-0.1, -0.05) is 19.0 Å². The summed E-state index contributed by atoms with van der Waals surface area (Å²) in [7, 11) is 4.08. The summed E-state index contributed by atoms with van der Waals surface area (Å²) in [5.41, 5.74) is -1.82. The van der Waals surface area contributed by atoms with E-state index in [4.69, 9.17) is 4.84 Å². The molecular formula is C26H46N2O4. The summed E-state index contributed by atoms with van der Waals surface area (Å²) in [5, 5.41) is 38.8. The fraction of sp³-hybridized carbons (Fsp3) is 0.962. The van der Waals surface area contributed by atoms with E-state index < -0.39 is 16.6 Å². The zero-order valence-electron chi connectivity index (χ0n) is 20.9. The summed E-state index contributed by atoms with van der Waals surface area (Å²) in [6.07, 6.45) is 8.66. The number of rotatable bonds is 6. The molecule has 0 radical (unpaired) electrons. The van der Waals surface area contributed by atoms with Gasteiger partial charge in [0.05, 0.1) is 17.4 Å². The molecule has 32 heavy (non-hydrogen) atoms. The fourth-order valence-electron chi connectivity index (χ4n) is 8.46. The van der Waals surface area contributed by atoms with Gasteiger partial charge in [0.15, 0.2) is 0 Å². The van der Waals surface area contributed by atoms with Crippen molar-refractivity contribution in [3.8, 4) is 0 Å². The highest BCUT2D eigenvalue weighted by molar-refractivity contribution is 5.91. The third-order valence-electron chi connectivity index (χ3n) is 10.6. The smallest absolute Gasteiger partial charge is 0.118 e. The molecule has 3 N–H and O–H groups in total. The molecule has 0 saturated heterocycles. The number of hydrogen-bond donors (Lipinski definition) is 3. The van der Waals surface area contributed by atoms with Gasteiger partial charge >= 0.3 is 0 Å². The Morgan fingerprint density at radius 3 is 2.47 bits per heavy atom. The van der Waals surface area contributed by atoms with Crippen LogP contribution < -0.4 is 0 Å². The number of oxime groups is 1. The van der Waals surface area contributed by atoms with E-state index in [-0.39, 0.29) is 17.4 Å². The molecule has 0 aromatic carbocycles. The molecule has 6 heteroatoms. The van der Waals surface area contributed by atoms with Crippen LogP contribution in [-0.4, -0.2) is 70.5 Å². The average molecular weight is 451 g/mol. The van der Waals surface area contributed by atoms with Gasteiger partial charge in [0, 0.05) is 12.0 Å². The predicted octanol–water partition coefficient (Wildman–Crippen LogP) is 3.58. The van der Waals surface area contributed by atoms with E-state index in [0.717, 1.165) is 57.9 Å². The van der Waals surface area contributed by atoms with Crippen molar-refractivity contribution in [1.29, 1.82) is 0 Å². The Labute approximate surface area is 194 Å². The van der Waals surface area contributed by atoms with Crippen molar-refractivity contribution in [2.75, 3.05) is 27.2 Å². The van der Waals surface area contributed by atoms with Crippen LogP contribution in [0.5, 0.6) is 0 Å². The second kappa shape index (κ2) is 8.51. The standard InChI is InChI=1S/C26H46N2O4/c1-18(27-32-16-6-15-28(4)5)25(30)13-14-26(31)22-8-7-19-17-20(29)9-11-23(19,2)21(22)10-12-24(25,26)3/h19-22,29-31H,6-17H2,1-5H3/b27-18+/t19-,20+,21+,22-,23+,24-,25+,26+/m1/s1. The first-order chi connectivity index (χ1) is 15.0. The van der Waals surface area contributed by atoms with Crippen LogP contribution in [0.2, 0.25) is 0 Å². The van der Waals surface area contributed by atoms with E-state index in [9.17, 15) is 15.3 Å². The first kappa shape index (κ1) is 24.4. The lowest BCUT2D eigenvalue weighted by atomic mass is 9.43. The topological polar surface area (TPSA) is 85.5 Å². The van der Waals surface area contributed by atoms with Crippen LogP contribution in [0.3, 0.4) is 0 Å². The van der Waals surface area contributed by atoms with Gasteiger partial charge in [-0.3, -0.25) is 0 Å². The molecule has 0 heterocycles. The maximum atomic E-state index is 12.3. The molecule has 0 amide bonds. The molecule has 4 rings (SSSR count). The van der Waals surface area contributed by atoms with Crippen LogP contribution >= 0.6 is 0 Å². The molecule has 0 aliphatic heterocycles. The van der Waals surface area contributed by atoms with Gasteiger partial charge in [0.1, 0.15) is 12.2 Å². The van der Waals surface area contributed by atoms with E-state index in [0.29, 0.717) is 37.0 Å². The SMILES string of the molecule is C/C(=N\OCCCN(C)C)[C@@]1(O)CC[C@]2(O)[C@@H]3CC[C@@H]4C[C@@H](O)CC[C@]4(C)[C@H]3CC[C@]12C. The minimum Gasteiger partial charge on any atom is -0.396 e. The van der Waals surface area contributed by atoms with Gasteiger partial charge in [0.2, 0.25) is 0 Å². The number of hydrogen-bond acceptors (Lipinski definition) is 6. The number of aliphatic hydroxyl groups is 3. The summed E-state index contributed by atoms with van der Waals surface area (Å²) < 4.78 is 0. The Morgan fingerprint density at radius 1 is 1.00 bits per heavy atom. The first-order valence-electron chi connectivity index (χ1n) is 12.9. The van der Waals surface area contributed by atoms with Crippen LogP contribution in [0, 0.1) is 28.6 Å². The van der Waals surface area contributed by atoms with Crippen LogP contribution in [0.15, 0.2) is 5.16 Å². The highest BCUT2D eigenvalue weighted by Gasteiger charge is 2.72. The molecule has 4 aliphatic carbocycles. The largest absolute Gasteiger partial charge is 0.396 e. The van der Waals surface area contributed by atoms with Gasteiger partial charge in [-0.05, 0) is 108 Å². The minimum absolute atomic E-state index is 0.158. The molecule has 0 aromatic rings. The van der Waals surface area contributed by atoms with Gasteiger partial charge in [-0.15, -0.1) is 0 Å². The molecule has 4 saturated carbocycles. The zero-order valence-corrected chi connectivity index (χ0v) is 20.9. The van der Waals surface area contributed by atoms with Crippen molar-refractivity contribution in [2.45, 2.75) is 102 Å². The lowest BCUT2D eigenvalue weighted by Gasteiger charge is -2.64. The molecular weight excluding hydrogens is 404 g/mol. The number of nitrogens with zero attached hydrogens (tertiary/aromatic N) is 2. The lowest BCUT2D eigenvalue weighted by molar-refractivity contribution is -0.224. The number of fused-ring (bicyclic) bond motifs is 5. The van der Waals surface area contributed by atoms with Crippen LogP contribution in [0.1, 0.15) is 85.0 Å². The molecule has 0 aromatic heterocycles. The summed E-state index contributed by atoms with van der Waals surface area (Å²) in [6.45, 7) is 7.86. The third-order valence-corrected chi connectivity index (χ3v) is 10.6. The van der Waals surface area contributed by atoms with Crippen molar-refractivity contribution in [3.05, 3.63) is 0 Å². The molecule has 6 nitrogen and oxygen atoms in total. The third kappa shape index (κ3) is 3.55. The fourth-order valence-corrected chi connectivity index (χ4v) is 8.46. The molecule has 0 spiro atoms. The minimum atomic E-state index is -1.13. The van der Waals surface area contributed by atoms with E-state index in [1.54, 1.807) is 0 Å². The Kier molecular flexibility index (Phi) is 6.50. The molecule has 184 valence electrons. The second-order valence-corrected chi connectivity index (χ2v) is 12.2. The van der Waals surface area contributed by atoms with Crippen molar-refractivity contribution < 1.29 is 20.2 Å². The summed E-state index contributed by atoms with van der Waals surface area (Å²) >= 11 is 0. The van der Waals surface area contributed by atoms with Gasteiger partial charge in [0.25, 0.3) is 0 Å². The quantitative estimate of drug-likeness (QED) is 0.327. The van der Waals surface area contributed by atoms with Gasteiger partial charge < -0.3 is 25.1 Å². The number of aliphatic hydroxyl groups excluding tert-OH is 1. The Morgan fingerprint density at radius 2 is 1.75 bits per heavy atom.